The summed E-state index contributed by atoms with van der Waals surface area (Å²) in [7, 11) is 0. The number of hydrogen-bond acceptors (Lipinski definition) is 3. The predicted molar refractivity (Wildman–Crippen MR) is 57.3 cm³/mol. The molecule has 0 saturated carbocycles. The highest BCUT2D eigenvalue weighted by Gasteiger charge is 2.12. The number of aryl methyl sites for hydroxylation is 1. The van der Waals surface area contributed by atoms with Crippen LogP contribution >= 0.6 is 0 Å². The molecule has 0 aliphatic rings. The molecule has 4 nitrogen and oxygen atoms in total. The summed E-state index contributed by atoms with van der Waals surface area (Å²) in [5.41, 5.74) is 1.93. The van der Waals surface area contributed by atoms with Crippen LogP contribution in [0.5, 0.6) is 5.75 Å². The average molecular weight is 207 g/mol. The zero-order valence-electron chi connectivity index (χ0n) is 8.92. The van der Waals surface area contributed by atoms with Crippen molar-refractivity contribution in [3.8, 4) is 5.75 Å². The summed E-state index contributed by atoms with van der Waals surface area (Å²) < 4.78 is 0. The topological polar surface area (TPSA) is 66.4 Å². The highest BCUT2D eigenvalue weighted by molar-refractivity contribution is 5.93. The van der Waals surface area contributed by atoms with E-state index in [1.165, 1.54) is 6.92 Å². The van der Waals surface area contributed by atoms with E-state index in [9.17, 15) is 14.7 Å². The second kappa shape index (κ2) is 4.13. The lowest BCUT2D eigenvalue weighted by Gasteiger charge is -2.12. The Hall–Kier alpha value is -1.84. The van der Waals surface area contributed by atoms with Crippen LogP contribution in [0.3, 0.4) is 0 Å². The molecule has 15 heavy (non-hydrogen) atoms. The Morgan fingerprint density at radius 1 is 1.47 bits per heavy atom. The highest BCUT2D eigenvalue weighted by Crippen LogP contribution is 2.32. The summed E-state index contributed by atoms with van der Waals surface area (Å²) in [6.07, 6.45) is 0.680. The summed E-state index contributed by atoms with van der Waals surface area (Å²) in [5.74, 6) is -0.307. The number of carbonyl (C=O) groups excluding carboxylic acids is 2. The van der Waals surface area contributed by atoms with Gasteiger partial charge in [0, 0.05) is 18.1 Å². The Labute approximate surface area is 87.9 Å². The first-order chi connectivity index (χ1) is 6.97. The Kier molecular flexibility index (Phi) is 3.09. The fourth-order valence-electron chi connectivity index (χ4n) is 1.38. The van der Waals surface area contributed by atoms with Gasteiger partial charge in [-0.3, -0.25) is 9.59 Å². The Morgan fingerprint density at radius 2 is 2.07 bits per heavy atom. The molecule has 0 aromatic heterocycles. The van der Waals surface area contributed by atoms with Gasteiger partial charge in [0.1, 0.15) is 12.0 Å². The van der Waals surface area contributed by atoms with Crippen molar-refractivity contribution in [2.45, 2.75) is 20.8 Å². The Morgan fingerprint density at radius 3 is 2.53 bits per heavy atom. The third-order valence-electron chi connectivity index (χ3n) is 2.22. The van der Waals surface area contributed by atoms with Crippen molar-refractivity contribution in [1.29, 1.82) is 0 Å². The molecule has 0 aliphatic heterocycles. The number of nitrogens with one attached hydrogen (secondary N) is 1. The maximum absolute atomic E-state index is 10.9. The number of phenols is 1. The predicted octanol–water partition coefficient (Wildman–Crippen LogP) is 1.78. The molecule has 1 aromatic carbocycles. The standard InChI is InChI=1S/C11H13NO3/c1-6-4-9(5-13)7(2)11(15)10(6)12-8(3)14/h4-5,15H,1-3H3,(H,12,14). The molecule has 1 rings (SSSR count). The van der Waals surface area contributed by atoms with E-state index in [2.05, 4.69) is 5.32 Å². The van der Waals surface area contributed by atoms with Crippen LogP contribution in [0.15, 0.2) is 6.07 Å². The number of rotatable bonds is 2. The van der Waals surface area contributed by atoms with Crippen molar-refractivity contribution in [2.75, 3.05) is 5.32 Å². The molecule has 0 unspecified atom stereocenters. The molecule has 0 bridgehead atoms. The highest BCUT2D eigenvalue weighted by atomic mass is 16.3. The zero-order chi connectivity index (χ0) is 11.6. The first-order valence-corrected chi connectivity index (χ1v) is 4.53. The number of carbonyl (C=O) groups is 2. The quantitative estimate of drug-likeness (QED) is 0.573. The number of anilines is 1. The molecule has 0 spiro atoms. The normalized spacial score (nSPS) is 9.80. The molecular formula is C11H13NO3. The van der Waals surface area contributed by atoms with Gasteiger partial charge in [0.2, 0.25) is 5.91 Å². The molecule has 0 atom stereocenters. The number of hydrogen-bond donors (Lipinski definition) is 2. The smallest absolute Gasteiger partial charge is 0.221 e. The van der Waals surface area contributed by atoms with E-state index in [0.29, 0.717) is 28.7 Å². The lowest BCUT2D eigenvalue weighted by molar-refractivity contribution is -0.114. The lowest BCUT2D eigenvalue weighted by Crippen LogP contribution is -2.08. The summed E-state index contributed by atoms with van der Waals surface area (Å²) in [6.45, 7) is 4.71. The summed E-state index contributed by atoms with van der Waals surface area (Å²) >= 11 is 0. The zero-order valence-corrected chi connectivity index (χ0v) is 8.92. The summed E-state index contributed by atoms with van der Waals surface area (Å²) in [5, 5.41) is 12.3. The Bertz CT molecular complexity index is 424. The maximum Gasteiger partial charge on any atom is 0.221 e. The van der Waals surface area contributed by atoms with Gasteiger partial charge in [-0.1, -0.05) is 0 Å². The molecule has 0 heterocycles. The largest absolute Gasteiger partial charge is 0.505 e. The average Bonchev–Trinajstić information content (AvgIpc) is 2.18. The van der Waals surface area contributed by atoms with Gasteiger partial charge in [0.15, 0.2) is 0 Å². The first-order valence-electron chi connectivity index (χ1n) is 4.53. The summed E-state index contributed by atoms with van der Waals surface area (Å²) in [6, 6.07) is 1.63. The van der Waals surface area contributed by atoms with Crippen molar-refractivity contribution in [1.82, 2.24) is 0 Å². The third-order valence-corrected chi connectivity index (χ3v) is 2.22. The molecular weight excluding hydrogens is 194 g/mol. The van der Waals surface area contributed by atoms with Crippen LogP contribution in [0, 0.1) is 13.8 Å². The van der Waals surface area contributed by atoms with Crippen LogP contribution in [0.4, 0.5) is 5.69 Å². The van der Waals surface area contributed by atoms with Crippen LogP contribution in [-0.4, -0.2) is 17.3 Å². The number of aldehydes is 1. The van der Waals surface area contributed by atoms with E-state index >= 15 is 0 Å². The third kappa shape index (κ3) is 2.15. The summed E-state index contributed by atoms with van der Waals surface area (Å²) in [4.78, 5) is 21.6. The number of aromatic hydroxyl groups is 1. The van der Waals surface area contributed by atoms with E-state index in [1.807, 2.05) is 0 Å². The van der Waals surface area contributed by atoms with Gasteiger partial charge in [-0.25, -0.2) is 0 Å². The maximum atomic E-state index is 10.9. The number of phenolic OH excluding ortho intramolecular Hbond substituents is 1. The van der Waals surface area contributed by atoms with Gasteiger partial charge < -0.3 is 10.4 Å². The van der Waals surface area contributed by atoms with Gasteiger partial charge in [0.05, 0.1) is 5.69 Å². The van der Waals surface area contributed by atoms with Crippen molar-refractivity contribution in [3.63, 3.8) is 0 Å². The molecule has 4 heteroatoms. The lowest BCUT2D eigenvalue weighted by atomic mass is 10.0. The van der Waals surface area contributed by atoms with E-state index in [1.54, 1.807) is 19.9 Å². The van der Waals surface area contributed by atoms with Crippen LogP contribution in [0.25, 0.3) is 0 Å². The van der Waals surface area contributed by atoms with Crippen molar-refractivity contribution < 1.29 is 14.7 Å². The van der Waals surface area contributed by atoms with Gasteiger partial charge >= 0.3 is 0 Å². The molecule has 0 saturated heterocycles. The Balaban J connectivity index is 3.35. The van der Waals surface area contributed by atoms with Crippen LogP contribution < -0.4 is 5.32 Å². The molecule has 0 radical (unpaired) electrons. The second-order valence-electron chi connectivity index (χ2n) is 3.43. The fraction of sp³-hybridized carbons (Fsp3) is 0.273. The van der Waals surface area contributed by atoms with E-state index in [4.69, 9.17) is 0 Å². The number of benzene rings is 1. The van der Waals surface area contributed by atoms with Gasteiger partial charge in [-0.2, -0.15) is 0 Å². The molecule has 0 fully saturated rings. The minimum atomic E-state index is -0.258. The van der Waals surface area contributed by atoms with Crippen LogP contribution in [0.1, 0.15) is 28.4 Å². The SMILES string of the molecule is CC(=O)Nc1c(C)cc(C=O)c(C)c1O. The monoisotopic (exact) mass is 207 g/mol. The molecule has 80 valence electrons. The molecule has 1 aromatic rings. The van der Waals surface area contributed by atoms with Crippen molar-refractivity contribution in [2.24, 2.45) is 0 Å². The van der Waals surface area contributed by atoms with E-state index in [0.717, 1.165) is 0 Å². The van der Waals surface area contributed by atoms with Crippen LogP contribution in [-0.2, 0) is 4.79 Å². The van der Waals surface area contributed by atoms with Gasteiger partial charge in [0.25, 0.3) is 0 Å². The van der Waals surface area contributed by atoms with Gasteiger partial charge in [-0.15, -0.1) is 0 Å². The van der Waals surface area contributed by atoms with Gasteiger partial charge in [-0.05, 0) is 25.5 Å². The first kappa shape index (κ1) is 11.2. The molecule has 1 amide bonds. The number of amides is 1. The minimum absolute atomic E-state index is 0.0488. The molecule has 0 aliphatic carbocycles. The second-order valence-corrected chi connectivity index (χ2v) is 3.43. The van der Waals surface area contributed by atoms with E-state index in [-0.39, 0.29) is 11.7 Å². The van der Waals surface area contributed by atoms with Crippen LogP contribution in [0.2, 0.25) is 0 Å². The molecule has 2 N–H and O–H groups in total. The van der Waals surface area contributed by atoms with E-state index < -0.39 is 0 Å². The van der Waals surface area contributed by atoms with Crippen molar-refractivity contribution in [3.05, 3.63) is 22.8 Å². The minimum Gasteiger partial charge on any atom is -0.505 e. The fourth-order valence-corrected chi connectivity index (χ4v) is 1.38. The van der Waals surface area contributed by atoms with Crippen molar-refractivity contribution >= 4 is 17.9 Å².